The number of fused-ring (bicyclic) bond motifs is 1. The molecule has 4 heteroatoms. The van der Waals surface area contributed by atoms with Crippen molar-refractivity contribution in [3.05, 3.63) is 69.7 Å². The summed E-state index contributed by atoms with van der Waals surface area (Å²) in [7, 11) is 0. The summed E-state index contributed by atoms with van der Waals surface area (Å²) in [5, 5.41) is 0.687. The number of hydrogen-bond acceptors (Lipinski definition) is 2. The van der Waals surface area contributed by atoms with Crippen LogP contribution in [-0.4, -0.2) is 9.13 Å². The first-order chi connectivity index (χ1) is 9.74. The maximum atomic E-state index is 12.7. The minimum absolute atomic E-state index is 0.0681. The Kier molecular flexibility index (Phi) is 3.24. The molecule has 2 aromatic carbocycles. The van der Waals surface area contributed by atoms with Crippen LogP contribution < -0.4 is 5.56 Å². The van der Waals surface area contributed by atoms with Gasteiger partial charge in [-0.1, -0.05) is 30.3 Å². The Morgan fingerprint density at radius 1 is 1.00 bits per heavy atom. The normalized spacial score (nSPS) is 10.8. The molecule has 0 amide bonds. The van der Waals surface area contributed by atoms with Crippen molar-refractivity contribution in [2.24, 2.45) is 0 Å². The van der Waals surface area contributed by atoms with Gasteiger partial charge in [0.05, 0.1) is 16.6 Å². The van der Waals surface area contributed by atoms with E-state index in [2.05, 4.69) is 0 Å². The Hall–Kier alpha value is -2.20. The molecule has 0 fully saturated rings. The fourth-order valence-corrected chi connectivity index (χ4v) is 2.85. The third-order valence-electron chi connectivity index (χ3n) is 3.38. The molecule has 20 heavy (non-hydrogen) atoms. The zero-order valence-corrected chi connectivity index (χ0v) is 11.9. The van der Waals surface area contributed by atoms with Crippen LogP contribution in [0.1, 0.15) is 6.92 Å². The smallest absolute Gasteiger partial charge is 0.266 e. The van der Waals surface area contributed by atoms with E-state index in [0.29, 0.717) is 10.2 Å². The number of para-hydroxylation sites is 2. The summed E-state index contributed by atoms with van der Waals surface area (Å²) >= 11 is 5.51. The van der Waals surface area contributed by atoms with Crippen LogP contribution >= 0.6 is 12.2 Å². The van der Waals surface area contributed by atoms with Crippen LogP contribution in [-0.2, 0) is 6.54 Å². The lowest BCUT2D eigenvalue weighted by Crippen LogP contribution is -2.24. The molecule has 0 bridgehead atoms. The van der Waals surface area contributed by atoms with Crippen molar-refractivity contribution in [1.82, 2.24) is 9.13 Å². The molecule has 0 aliphatic rings. The van der Waals surface area contributed by atoms with Gasteiger partial charge in [-0.3, -0.25) is 9.36 Å². The van der Waals surface area contributed by atoms with E-state index in [9.17, 15) is 4.79 Å². The van der Waals surface area contributed by atoms with E-state index in [1.54, 1.807) is 4.57 Å². The van der Waals surface area contributed by atoms with Gasteiger partial charge in [-0.15, -0.1) is 0 Å². The number of rotatable bonds is 2. The van der Waals surface area contributed by atoms with E-state index in [1.165, 1.54) is 0 Å². The van der Waals surface area contributed by atoms with Crippen molar-refractivity contribution >= 4 is 23.1 Å². The van der Waals surface area contributed by atoms with Crippen molar-refractivity contribution in [2.45, 2.75) is 13.5 Å². The number of nitrogens with zero attached hydrogens (tertiary/aromatic N) is 2. The molecule has 1 aromatic heterocycles. The molecular formula is C16H14N2OS. The molecule has 0 N–H and O–H groups in total. The van der Waals surface area contributed by atoms with Gasteiger partial charge >= 0.3 is 0 Å². The van der Waals surface area contributed by atoms with Gasteiger partial charge in [0, 0.05) is 6.54 Å². The second-order valence-corrected chi connectivity index (χ2v) is 4.89. The number of aromatic nitrogens is 2. The molecule has 0 unspecified atom stereocenters. The monoisotopic (exact) mass is 282 g/mol. The second kappa shape index (κ2) is 5.06. The highest BCUT2D eigenvalue weighted by Crippen LogP contribution is 2.14. The summed E-state index contributed by atoms with van der Waals surface area (Å²) < 4.78 is 4.11. The summed E-state index contributed by atoms with van der Waals surface area (Å²) in [5.41, 5.74) is 1.62. The quantitative estimate of drug-likeness (QED) is 0.672. The molecule has 100 valence electrons. The molecular weight excluding hydrogens is 268 g/mol. The Balaban J connectivity index is 2.51. The summed E-state index contributed by atoms with van der Waals surface area (Å²) in [5.74, 6) is 0. The highest BCUT2D eigenvalue weighted by molar-refractivity contribution is 7.71. The van der Waals surface area contributed by atoms with E-state index in [-0.39, 0.29) is 5.56 Å². The van der Waals surface area contributed by atoms with Gasteiger partial charge in [-0.2, -0.15) is 0 Å². The largest absolute Gasteiger partial charge is 0.318 e. The Bertz CT molecular complexity index is 878. The molecule has 0 spiro atoms. The van der Waals surface area contributed by atoms with Crippen molar-refractivity contribution in [3.8, 4) is 5.69 Å². The Morgan fingerprint density at radius 2 is 1.65 bits per heavy atom. The molecule has 3 nitrogen and oxygen atoms in total. The molecule has 3 aromatic rings. The number of benzene rings is 2. The van der Waals surface area contributed by atoms with Gasteiger partial charge in [-0.05, 0) is 43.4 Å². The van der Waals surface area contributed by atoms with Crippen molar-refractivity contribution in [2.75, 3.05) is 0 Å². The maximum absolute atomic E-state index is 12.7. The van der Waals surface area contributed by atoms with Crippen LogP contribution in [0.5, 0.6) is 0 Å². The predicted octanol–water partition coefficient (Wildman–Crippen LogP) is 3.54. The van der Waals surface area contributed by atoms with E-state index >= 15 is 0 Å². The van der Waals surface area contributed by atoms with Crippen LogP contribution in [0.25, 0.3) is 16.6 Å². The number of aryl methyl sites for hydroxylation is 1. The van der Waals surface area contributed by atoms with Gasteiger partial charge in [0.1, 0.15) is 0 Å². The van der Waals surface area contributed by atoms with Gasteiger partial charge in [0.2, 0.25) is 0 Å². The summed E-state index contributed by atoms with van der Waals surface area (Å²) in [4.78, 5) is 12.7. The summed E-state index contributed by atoms with van der Waals surface area (Å²) in [6.07, 6.45) is 0. The fraction of sp³-hybridized carbons (Fsp3) is 0.125. The highest BCUT2D eigenvalue weighted by atomic mass is 32.1. The standard InChI is InChI=1S/C16H14N2OS/c1-2-17-14-11-7-6-10-13(14)15(19)18(16(17)20)12-8-4-3-5-9-12/h3-11H,2H2,1H3. The van der Waals surface area contributed by atoms with Gasteiger partial charge in [0.25, 0.3) is 5.56 Å². The summed E-state index contributed by atoms with van der Waals surface area (Å²) in [6, 6.07) is 17.1. The van der Waals surface area contributed by atoms with Crippen LogP contribution in [0, 0.1) is 4.77 Å². The van der Waals surface area contributed by atoms with E-state index in [1.807, 2.05) is 66.1 Å². The van der Waals surface area contributed by atoms with E-state index in [4.69, 9.17) is 12.2 Å². The number of hydrogen-bond donors (Lipinski definition) is 0. The maximum Gasteiger partial charge on any atom is 0.266 e. The third kappa shape index (κ3) is 1.89. The second-order valence-electron chi connectivity index (χ2n) is 4.52. The van der Waals surface area contributed by atoms with Gasteiger partial charge in [-0.25, -0.2) is 0 Å². The molecule has 0 radical (unpaired) electrons. The van der Waals surface area contributed by atoms with Crippen molar-refractivity contribution in [3.63, 3.8) is 0 Å². The van der Waals surface area contributed by atoms with Gasteiger partial charge < -0.3 is 4.57 Å². The van der Waals surface area contributed by atoms with E-state index < -0.39 is 0 Å². The van der Waals surface area contributed by atoms with Crippen molar-refractivity contribution in [1.29, 1.82) is 0 Å². The third-order valence-corrected chi connectivity index (χ3v) is 3.78. The Labute approximate surface area is 121 Å². The SMILES string of the molecule is CCn1c(=S)n(-c2ccccc2)c(=O)c2ccccc21. The lowest BCUT2D eigenvalue weighted by Gasteiger charge is -2.14. The molecule has 0 saturated carbocycles. The first-order valence-electron chi connectivity index (χ1n) is 6.54. The summed E-state index contributed by atoms with van der Waals surface area (Å²) in [6.45, 7) is 2.76. The zero-order chi connectivity index (χ0) is 14.1. The Morgan fingerprint density at radius 3 is 2.35 bits per heavy atom. The minimum atomic E-state index is -0.0681. The van der Waals surface area contributed by atoms with Crippen LogP contribution in [0.4, 0.5) is 0 Å². The molecule has 3 rings (SSSR count). The molecule has 1 heterocycles. The van der Waals surface area contributed by atoms with Gasteiger partial charge in [0.15, 0.2) is 4.77 Å². The zero-order valence-electron chi connectivity index (χ0n) is 11.1. The molecule has 0 atom stereocenters. The lowest BCUT2D eigenvalue weighted by molar-refractivity contribution is 0.718. The first-order valence-corrected chi connectivity index (χ1v) is 6.95. The average molecular weight is 282 g/mol. The minimum Gasteiger partial charge on any atom is -0.318 e. The van der Waals surface area contributed by atoms with E-state index in [0.717, 1.165) is 17.7 Å². The fourth-order valence-electron chi connectivity index (χ4n) is 2.43. The molecule has 0 aliphatic carbocycles. The topological polar surface area (TPSA) is 26.9 Å². The lowest BCUT2D eigenvalue weighted by atomic mass is 10.2. The predicted molar refractivity (Wildman–Crippen MR) is 84.0 cm³/mol. The highest BCUT2D eigenvalue weighted by Gasteiger charge is 2.10. The first kappa shape index (κ1) is 12.8. The van der Waals surface area contributed by atoms with Crippen molar-refractivity contribution < 1.29 is 0 Å². The van der Waals surface area contributed by atoms with Crippen LogP contribution in [0.3, 0.4) is 0 Å². The molecule has 0 saturated heterocycles. The van der Waals surface area contributed by atoms with Crippen LogP contribution in [0.15, 0.2) is 59.4 Å². The molecule has 0 aliphatic heterocycles. The van der Waals surface area contributed by atoms with Crippen LogP contribution in [0.2, 0.25) is 0 Å². The average Bonchev–Trinajstić information content (AvgIpc) is 2.49.